The zero-order valence-corrected chi connectivity index (χ0v) is 16.7. The van der Waals surface area contributed by atoms with Crippen LogP contribution in [0, 0.1) is 27.2 Å². The lowest BCUT2D eigenvalue weighted by molar-refractivity contribution is -0.140. The van der Waals surface area contributed by atoms with Crippen LogP contribution in [0.25, 0.3) is 0 Å². The van der Waals surface area contributed by atoms with Gasteiger partial charge in [-0.2, -0.15) is 10.1 Å². The lowest BCUT2D eigenvalue weighted by atomic mass is 9.85. The number of methoxy groups -OCH3 is 1. The quantitative estimate of drug-likeness (QED) is 0.290. The van der Waals surface area contributed by atoms with Crippen molar-refractivity contribution < 1.29 is 19.1 Å². The summed E-state index contributed by atoms with van der Waals surface area (Å²) in [5.41, 5.74) is 0.744. The number of carbonyl (C=O) groups excluding carboxylic acids is 2. The first-order valence-corrected chi connectivity index (χ1v) is 9.73. The molecule has 0 spiro atoms. The molecule has 1 aromatic rings. The molecule has 2 bridgehead atoms. The second-order valence-corrected chi connectivity index (χ2v) is 7.86. The highest BCUT2D eigenvalue weighted by molar-refractivity contribution is 14.1. The summed E-state index contributed by atoms with van der Waals surface area (Å²) in [7, 11) is 1.58. The molecule has 1 aliphatic heterocycles. The number of hydrazone groups is 1. The van der Waals surface area contributed by atoms with E-state index in [0.29, 0.717) is 18.1 Å². The molecule has 2 aliphatic carbocycles. The van der Waals surface area contributed by atoms with Gasteiger partial charge in [-0.15, -0.1) is 0 Å². The van der Waals surface area contributed by atoms with Crippen molar-refractivity contribution in [1.82, 2.24) is 5.01 Å². The van der Waals surface area contributed by atoms with Gasteiger partial charge in [-0.1, -0.05) is 12.2 Å². The maximum absolute atomic E-state index is 12.6. The van der Waals surface area contributed by atoms with E-state index in [1.54, 1.807) is 13.2 Å². The summed E-state index contributed by atoms with van der Waals surface area (Å²) < 4.78 is 11.9. The maximum Gasteiger partial charge on any atom is 0.254 e. The number of amides is 2. The molecule has 2 amide bonds. The standard InChI is InChI=1S/C19H19IN2O4/c1-3-26-17-13(20)6-10(7-14(17)25-2)9-21-22-18(23)15-11-4-5-12(8-11)16(15)19(22)24/h4-7,9,11-12,15-16H,3,8H2,1-2H3/b21-9-/t11-,12-,15-,16+/m0/s1. The molecule has 3 aliphatic rings. The minimum absolute atomic E-state index is 0.180. The molecule has 6 nitrogen and oxygen atoms in total. The van der Waals surface area contributed by atoms with Crippen LogP contribution in [0.3, 0.4) is 0 Å². The number of hydrogen-bond acceptors (Lipinski definition) is 5. The summed E-state index contributed by atoms with van der Waals surface area (Å²) in [6.07, 6.45) is 6.60. The monoisotopic (exact) mass is 466 g/mol. The molecule has 1 aromatic carbocycles. The van der Waals surface area contributed by atoms with Crippen LogP contribution in [0.15, 0.2) is 29.4 Å². The van der Waals surface area contributed by atoms with E-state index >= 15 is 0 Å². The number of halogens is 1. The lowest BCUT2D eigenvalue weighted by Crippen LogP contribution is -2.28. The van der Waals surface area contributed by atoms with Crippen molar-refractivity contribution in [2.24, 2.45) is 28.8 Å². The second-order valence-electron chi connectivity index (χ2n) is 6.70. The minimum atomic E-state index is -0.232. The highest BCUT2D eigenvalue weighted by Gasteiger charge is 2.59. The van der Waals surface area contributed by atoms with E-state index in [2.05, 4.69) is 39.8 Å². The van der Waals surface area contributed by atoms with Gasteiger partial charge in [-0.05, 0) is 65.5 Å². The number of ether oxygens (including phenoxy) is 2. The van der Waals surface area contributed by atoms with Gasteiger partial charge in [-0.3, -0.25) is 9.59 Å². The van der Waals surface area contributed by atoms with Gasteiger partial charge in [0.2, 0.25) is 0 Å². The Labute approximate surface area is 165 Å². The molecule has 7 heteroatoms. The van der Waals surface area contributed by atoms with Crippen LogP contribution in [0.4, 0.5) is 0 Å². The normalized spacial score (nSPS) is 29.1. The number of nitrogens with zero attached hydrogens (tertiary/aromatic N) is 2. The fraction of sp³-hybridized carbons (Fsp3) is 0.421. The van der Waals surface area contributed by atoms with Crippen molar-refractivity contribution >= 4 is 40.6 Å². The number of allylic oxidation sites excluding steroid dienone is 2. The number of rotatable bonds is 5. The van der Waals surface area contributed by atoms with Gasteiger partial charge < -0.3 is 9.47 Å². The van der Waals surface area contributed by atoms with Crippen molar-refractivity contribution in [3.8, 4) is 11.5 Å². The van der Waals surface area contributed by atoms with E-state index < -0.39 is 0 Å². The number of carbonyl (C=O) groups is 2. The van der Waals surface area contributed by atoms with Crippen LogP contribution >= 0.6 is 22.6 Å². The molecule has 0 radical (unpaired) electrons. The fourth-order valence-electron chi connectivity index (χ4n) is 4.22. The predicted octanol–water partition coefficient (Wildman–Crippen LogP) is 2.84. The van der Waals surface area contributed by atoms with Crippen molar-refractivity contribution in [1.29, 1.82) is 0 Å². The van der Waals surface area contributed by atoms with Crippen LogP contribution in [-0.2, 0) is 9.59 Å². The molecular formula is C19H19IN2O4. The lowest BCUT2D eigenvalue weighted by Gasteiger charge is -2.13. The van der Waals surface area contributed by atoms with Crippen LogP contribution in [-0.4, -0.2) is 36.8 Å². The Morgan fingerprint density at radius 3 is 2.46 bits per heavy atom. The summed E-state index contributed by atoms with van der Waals surface area (Å²) in [4.78, 5) is 25.3. The Hall–Kier alpha value is -1.90. The first-order valence-electron chi connectivity index (χ1n) is 8.65. The first kappa shape index (κ1) is 17.5. The zero-order chi connectivity index (χ0) is 18.4. The summed E-state index contributed by atoms with van der Waals surface area (Å²) in [5.74, 6) is 0.827. The third-order valence-electron chi connectivity index (χ3n) is 5.31. The van der Waals surface area contributed by atoms with Gasteiger partial charge in [0.15, 0.2) is 11.5 Å². The SMILES string of the molecule is CCOc1c(I)cc(/C=N\N2C(=O)[C@@H]3[C@H](C2=O)[C@H]2C=C[C@H]3C2)cc1OC. The van der Waals surface area contributed by atoms with Gasteiger partial charge in [0.05, 0.1) is 35.3 Å². The molecule has 136 valence electrons. The summed E-state index contributed by atoms with van der Waals surface area (Å²) >= 11 is 2.17. The molecule has 0 N–H and O–H groups in total. The van der Waals surface area contributed by atoms with Crippen molar-refractivity contribution in [2.75, 3.05) is 13.7 Å². The summed E-state index contributed by atoms with van der Waals surface area (Å²) in [6, 6.07) is 3.67. The maximum atomic E-state index is 12.6. The average Bonchev–Trinajstić information content (AvgIpc) is 3.30. The predicted molar refractivity (Wildman–Crippen MR) is 104 cm³/mol. The Bertz CT molecular complexity index is 805. The molecule has 0 aromatic heterocycles. The molecule has 26 heavy (non-hydrogen) atoms. The molecule has 1 saturated carbocycles. The van der Waals surface area contributed by atoms with E-state index in [4.69, 9.17) is 9.47 Å². The van der Waals surface area contributed by atoms with Crippen molar-refractivity contribution in [3.05, 3.63) is 33.4 Å². The minimum Gasteiger partial charge on any atom is -0.493 e. The third kappa shape index (κ3) is 2.64. The average molecular weight is 466 g/mol. The van der Waals surface area contributed by atoms with Crippen LogP contribution in [0.2, 0.25) is 0 Å². The number of fused-ring (bicyclic) bond motifs is 5. The zero-order valence-electron chi connectivity index (χ0n) is 14.5. The highest BCUT2D eigenvalue weighted by Crippen LogP contribution is 2.52. The number of benzene rings is 1. The number of hydrogen-bond donors (Lipinski definition) is 0. The van der Waals surface area contributed by atoms with Gasteiger partial charge in [-0.25, -0.2) is 0 Å². The van der Waals surface area contributed by atoms with Crippen LogP contribution in [0.1, 0.15) is 18.9 Å². The van der Waals surface area contributed by atoms with Crippen molar-refractivity contribution in [2.45, 2.75) is 13.3 Å². The van der Waals surface area contributed by atoms with Crippen molar-refractivity contribution in [3.63, 3.8) is 0 Å². The third-order valence-corrected chi connectivity index (χ3v) is 6.11. The topological polar surface area (TPSA) is 68.2 Å². The highest BCUT2D eigenvalue weighted by atomic mass is 127. The molecule has 1 heterocycles. The molecule has 4 rings (SSSR count). The molecular weight excluding hydrogens is 447 g/mol. The van der Waals surface area contributed by atoms with Gasteiger partial charge >= 0.3 is 0 Å². The Morgan fingerprint density at radius 2 is 1.88 bits per heavy atom. The van der Waals surface area contributed by atoms with E-state index in [0.717, 1.165) is 20.6 Å². The second kappa shape index (κ2) is 6.68. The van der Waals surface area contributed by atoms with E-state index in [9.17, 15) is 9.59 Å². The van der Waals surface area contributed by atoms with E-state index in [1.165, 1.54) is 6.21 Å². The first-order chi connectivity index (χ1) is 12.5. The fourth-order valence-corrected chi connectivity index (χ4v) is 5.00. The smallest absolute Gasteiger partial charge is 0.254 e. The largest absolute Gasteiger partial charge is 0.493 e. The Kier molecular flexibility index (Phi) is 4.50. The molecule has 4 atom stereocenters. The van der Waals surface area contributed by atoms with Gasteiger partial charge in [0.25, 0.3) is 11.8 Å². The number of imide groups is 1. The van der Waals surface area contributed by atoms with Gasteiger partial charge in [0, 0.05) is 0 Å². The van der Waals surface area contributed by atoms with E-state index in [1.807, 2.05) is 13.0 Å². The Morgan fingerprint density at radius 1 is 1.23 bits per heavy atom. The Balaban J connectivity index is 1.58. The summed E-state index contributed by atoms with van der Waals surface area (Å²) in [6.45, 7) is 2.45. The van der Waals surface area contributed by atoms with Crippen LogP contribution in [0.5, 0.6) is 11.5 Å². The van der Waals surface area contributed by atoms with Crippen LogP contribution < -0.4 is 9.47 Å². The van der Waals surface area contributed by atoms with Gasteiger partial charge in [0.1, 0.15) is 0 Å². The molecule has 0 unspecified atom stereocenters. The molecule has 2 fully saturated rings. The molecule has 1 saturated heterocycles. The van der Waals surface area contributed by atoms with E-state index in [-0.39, 0.29) is 35.5 Å². The summed E-state index contributed by atoms with van der Waals surface area (Å²) in [5, 5.41) is 5.26.